The van der Waals surface area contributed by atoms with Gasteiger partial charge in [-0.15, -0.1) is 0 Å². The summed E-state index contributed by atoms with van der Waals surface area (Å²) in [5.74, 6) is 1.22. The third kappa shape index (κ3) is 1.23. The highest BCUT2D eigenvalue weighted by Gasteiger charge is 2.22. The van der Waals surface area contributed by atoms with Crippen molar-refractivity contribution in [2.45, 2.75) is 20.8 Å². The van der Waals surface area contributed by atoms with Gasteiger partial charge in [-0.3, -0.25) is 0 Å². The minimum absolute atomic E-state index is 0.560. The number of hydrogen-bond acceptors (Lipinski definition) is 2. The molecule has 0 aromatic heterocycles. The van der Waals surface area contributed by atoms with Gasteiger partial charge < -0.3 is 4.84 Å². The molecule has 0 fully saturated rings. The van der Waals surface area contributed by atoms with Gasteiger partial charge in [-0.05, 0) is 12.8 Å². The Balaban J connectivity index is 2.53. The van der Waals surface area contributed by atoms with Crippen LogP contribution in [0.25, 0.3) is 0 Å². The molecule has 0 amide bonds. The Morgan fingerprint density at radius 3 is 2.56 bits per heavy atom. The summed E-state index contributed by atoms with van der Waals surface area (Å²) >= 11 is 0. The van der Waals surface area contributed by atoms with Crippen LogP contribution in [0.3, 0.4) is 0 Å². The van der Waals surface area contributed by atoms with Crippen molar-refractivity contribution in [3.8, 4) is 0 Å². The van der Waals surface area contributed by atoms with Crippen LogP contribution in [0, 0.1) is 11.8 Å². The van der Waals surface area contributed by atoms with Crippen molar-refractivity contribution < 1.29 is 4.84 Å². The predicted octanol–water partition coefficient (Wildman–Crippen LogP) is 1.66. The fraction of sp³-hybridized carbons (Fsp3) is 0.857. The second kappa shape index (κ2) is 2.38. The first-order valence-electron chi connectivity index (χ1n) is 3.38. The molecule has 1 rings (SSSR count). The van der Waals surface area contributed by atoms with Gasteiger partial charge >= 0.3 is 0 Å². The second-order valence-corrected chi connectivity index (χ2v) is 2.88. The minimum atomic E-state index is 0.560. The molecule has 52 valence electrons. The summed E-state index contributed by atoms with van der Waals surface area (Å²) in [5.41, 5.74) is 1.14. The number of hydrogen-bond donors (Lipinski definition) is 0. The molecule has 1 aliphatic rings. The van der Waals surface area contributed by atoms with Crippen LogP contribution in [-0.2, 0) is 4.84 Å². The summed E-state index contributed by atoms with van der Waals surface area (Å²) in [6.07, 6.45) is 0. The van der Waals surface area contributed by atoms with Crippen molar-refractivity contribution in [2.24, 2.45) is 17.0 Å². The van der Waals surface area contributed by atoms with Crippen LogP contribution in [0.1, 0.15) is 20.8 Å². The molecule has 0 spiro atoms. The first-order valence-corrected chi connectivity index (χ1v) is 3.38. The average Bonchev–Trinajstić information content (AvgIpc) is 2.13. The zero-order chi connectivity index (χ0) is 6.85. The molecule has 0 bridgehead atoms. The fourth-order valence-corrected chi connectivity index (χ4v) is 1.08. The zero-order valence-electron chi connectivity index (χ0n) is 6.22. The summed E-state index contributed by atoms with van der Waals surface area (Å²) in [7, 11) is 0. The molecule has 2 nitrogen and oxygen atoms in total. The Labute approximate surface area is 55.9 Å². The van der Waals surface area contributed by atoms with Crippen molar-refractivity contribution in [1.29, 1.82) is 0 Å². The van der Waals surface area contributed by atoms with Crippen molar-refractivity contribution in [3.63, 3.8) is 0 Å². The lowest BCUT2D eigenvalue weighted by Crippen LogP contribution is -2.16. The maximum Gasteiger partial charge on any atom is 0.125 e. The maximum absolute atomic E-state index is 4.92. The van der Waals surface area contributed by atoms with Crippen molar-refractivity contribution >= 4 is 5.71 Å². The van der Waals surface area contributed by atoms with E-state index in [-0.39, 0.29) is 0 Å². The Bertz CT molecular complexity index is 129. The van der Waals surface area contributed by atoms with Crippen molar-refractivity contribution in [2.75, 3.05) is 6.61 Å². The van der Waals surface area contributed by atoms with E-state index >= 15 is 0 Å². The normalized spacial score (nSPS) is 26.2. The topological polar surface area (TPSA) is 21.6 Å². The van der Waals surface area contributed by atoms with Gasteiger partial charge in [0.1, 0.15) is 6.61 Å². The van der Waals surface area contributed by atoms with Crippen LogP contribution in [0.5, 0.6) is 0 Å². The smallest absolute Gasteiger partial charge is 0.125 e. The summed E-state index contributed by atoms with van der Waals surface area (Å²) in [6, 6.07) is 0. The minimum Gasteiger partial charge on any atom is -0.395 e. The standard InChI is InChI=1S/C7H13NO/c1-5(2)7-4-9-8-6(7)3/h5,7H,4H2,1-3H3. The molecule has 0 saturated carbocycles. The SMILES string of the molecule is CC1=NOCC1C(C)C. The van der Waals surface area contributed by atoms with Crippen LogP contribution >= 0.6 is 0 Å². The molecule has 0 aromatic rings. The van der Waals surface area contributed by atoms with E-state index in [1.165, 1.54) is 0 Å². The third-order valence-corrected chi connectivity index (χ3v) is 1.80. The van der Waals surface area contributed by atoms with Gasteiger partial charge in [-0.2, -0.15) is 0 Å². The predicted molar refractivity (Wildman–Crippen MR) is 37.4 cm³/mol. The molecule has 9 heavy (non-hydrogen) atoms. The molecule has 1 atom stereocenters. The largest absolute Gasteiger partial charge is 0.395 e. The Morgan fingerprint density at radius 1 is 1.67 bits per heavy atom. The van der Waals surface area contributed by atoms with Crippen LogP contribution in [0.15, 0.2) is 5.16 Å². The Morgan fingerprint density at radius 2 is 2.33 bits per heavy atom. The lowest BCUT2D eigenvalue weighted by Gasteiger charge is -2.10. The first kappa shape index (κ1) is 6.59. The summed E-state index contributed by atoms with van der Waals surface area (Å²) in [5, 5.41) is 3.86. The van der Waals surface area contributed by atoms with Gasteiger partial charge in [-0.1, -0.05) is 19.0 Å². The van der Waals surface area contributed by atoms with Gasteiger partial charge in [0.2, 0.25) is 0 Å². The van der Waals surface area contributed by atoms with Gasteiger partial charge in [0, 0.05) is 5.92 Å². The molecule has 0 N–H and O–H groups in total. The van der Waals surface area contributed by atoms with E-state index in [2.05, 4.69) is 19.0 Å². The van der Waals surface area contributed by atoms with E-state index in [1.807, 2.05) is 6.92 Å². The molecule has 0 aromatic carbocycles. The van der Waals surface area contributed by atoms with E-state index in [0.29, 0.717) is 11.8 Å². The van der Waals surface area contributed by atoms with Gasteiger partial charge in [0.15, 0.2) is 0 Å². The molecule has 0 radical (unpaired) electrons. The molecule has 0 saturated heterocycles. The molecule has 1 unspecified atom stereocenters. The molecular formula is C7H13NO. The summed E-state index contributed by atoms with van der Waals surface area (Å²) in [4.78, 5) is 4.92. The maximum atomic E-state index is 4.92. The van der Waals surface area contributed by atoms with Crippen LogP contribution in [-0.4, -0.2) is 12.3 Å². The molecule has 2 heteroatoms. The van der Waals surface area contributed by atoms with Crippen LogP contribution < -0.4 is 0 Å². The molecular weight excluding hydrogens is 114 g/mol. The Kier molecular flexibility index (Phi) is 1.74. The number of oxime groups is 1. The average molecular weight is 127 g/mol. The lowest BCUT2D eigenvalue weighted by atomic mass is 9.93. The fourth-order valence-electron chi connectivity index (χ4n) is 1.08. The molecule has 0 aliphatic carbocycles. The van der Waals surface area contributed by atoms with E-state index in [1.54, 1.807) is 0 Å². The Hall–Kier alpha value is -0.530. The highest BCUT2D eigenvalue weighted by Crippen LogP contribution is 2.18. The monoisotopic (exact) mass is 127 g/mol. The summed E-state index contributed by atoms with van der Waals surface area (Å²) in [6.45, 7) is 7.19. The lowest BCUT2D eigenvalue weighted by molar-refractivity contribution is 0.144. The van der Waals surface area contributed by atoms with Gasteiger partial charge in [-0.25, -0.2) is 0 Å². The van der Waals surface area contributed by atoms with Gasteiger partial charge in [0.05, 0.1) is 5.71 Å². The third-order valence-electron chi connectivity index (χ3n) is 1.80. The highest BCUT2D eigenvalue weighted by molar-refractivity contribution is 5.85. The van der Waals surface area contributed by atoms with Crippen molar-refractivity contribution in [1.82, 2.24) is 0 Å². The summed E-state index contributed by atoms with van der Waals surface area (Å²) < 4.78 is 0. The number of rotatable bonds is 1. The van der Waals surface area contributed by atoms with Crippen LogP contribution in [0.4, 0.5) is 0 Å². The van der Waals surface area contributed by atoms with Gasteiger partial charge in [0.25, 0.3) is 0 Å². The highest BCUT2D eigenvalue weighted by atomic mass is 16.6. The van der Waals surface area contributed by atoms with E-state index in [0.717, 1.165) is 12.3 Å². The zero-order valence-corrected chi connectivity index (χ0v) is 6.22. The number of nitrogens with zero attached hydrogens (tertiary/aromatic N) is 1. The van der Waals surface area contributed by atoms with E-state index in [9.17, 15) is 0 Å². The van der Waals surface area contributed by atoms with Crippen LogP contribution in [0.2, 0.25) is 0 Å². The molecule has 1 heterocycles. The van der Waals surface area contributed by atoms with E-state index < -0.39 is 0 Å². The first-order chi connectivity index (χ1) is 4.22. The quantitative estimate of drug-likeness (QED) is 0.525. The van der Waals surface area contributed by atoms with E-state index in [4.69, 9.17) is 4.84 Å². The van der Waals surface area contributed by atoms with Crippen molar-refractivity contribution in [3.05, 3.63) is 0 Å². The second-order valence-electron chi connectivity index (χ2n) is 2.88. The molecule has 1 aliphatic heterocycles.